The molecule has 19 heavy (non-hydrogen) atoms. The van der Waals surface area contributed by atoms with Crippen LogP contribution in [-0.4, -0.2) is 48.6 Å². The van der Waals surface area contributed by atoms with Gasteiger partial charge in [-0.15, -0.1) is 0 Å². The number of nitrogens with zero attached hydrogens (tertiary/aromatic N) is 1. The Morgan fingerprint density at radius 1 is 1.58 bits per heavy atom. The summed E-state index contributed by atoms with van der Waals surface area (Å²) >= 11 is 0. The predicted octanol–water partition coefficient (Wildman–Crippen LogP) is 2.49. The van der Waals surface area contributed by atoms with E-state index in [1.54, 1.807) is 20.8 Å². The second kappa shape index (κ2) is 5.61. The minimum atomic E-state index is -2.65. The highest BCUT2D eigenvalue weighted by atomic mass is 19.3. The SMILES string of the molecule is [2H]C([2H])([2H])N1CC[C@H](C(F)F)[C@](C)(NC(=O)OC(C)(C)C)C1. The van der Waals surface area contributed by atoms with Gasteiger partial charge in [0.15, 0.2) is 0 Å². The van der Waals surface area contributed by atoms with Gasteiger partial charge in [-0.25, -0.2) is 13.6 Å². The number of carbonyl (C=O) groups is 1. The Bertz CT molecular complexity index is 413. The molecule has 112 valence electrons. The van der Waals surface area contributed by atoms with Gasteiger partial charge in [-0.05, 0) is 47.6 Å². The minimum absolute atomic E-state index is 0.0116. The number of hydrogen-bond donors (Lipinski definition) is 1. The number of hydrogen-bond acceptors (Lipinski definition) is 3. The summed E-state index contributed by atoms with van der Waals surface area (Å²) in [6.07, 6.45) is -3.49. The molecule has 0 unspecified atom stereocenters. The van der Waals surface area contributed by atoms with Gasteiger partial charge < -0.3 is 15.0 Å². The van der Waals surface area contributed by atoms with Crippen LogP contribution in [0.2, 0.25) is 0 Å². The van der Waals surface area contributed by atoms with Crippen molar-refractivity contribution in [3.8, 4) is 0 Å². The normalized spacial score (nSPS) is 32.4. The summed E-state index contributed by atoms with van der Waals surface area (Å²) in [5.41, 5.74) is -2.14. The Balaban J connectivity index is 2.92. The molecule has 0 saturated carbocycles. The van der Waals surface area contributed by atoms with Gasteiger partial charge in [-0.3, -0.25) is 0 Å². The summed E-state index contributed by atoms with van der Waals surface area (Å²) in [4.78, 5) is 13.0. The van der Waals surface area contributed by atoms with Gasteiger partial charge >= 0.3 is 6.09 Å². The minimum Gasteiger partial charge on any atom is -0.444 e. The van der Waals surface area contributed by atoms with E-state index in [4.69, 9.17) is 8.85 Å². The van der Waals surface area contributed by atoms with Crippen molar-refractivity contribution in [3.05, 3.63) is 0 Å². The number of amides is 1. The van der Waals surface area contributed by atoms with Gasteiger partial charge in [-0.1, -0.05) is 0 Å². The maximum absolute atomic E-state index is 13.3. The number of alkyl halides is 2. The fourth-order valence-electron chi connectivity index (χ4n) is 2.28. The Morgan fingerprint density at radius 3 is 2.68 bits per heavy atom. The molecule has 1 aliphatic heterocycles. The number of carbonyl (C=O) groups excluding carboxylic acids is 1. The van der Waals surface area contributed by atoms with Crippen molar-refractivity contribution in [2.24, 2.45) is 5.92 Å². The molecule has 0 spiro atoms. The number of likely N-dealkylation sites (tertiary alicyclic amines) is 1. The summed E-state index contributed by atoms with van der Waals surface area (Å²) in [5, 5.41) is 2.45. The zero-order chi connectivity index (χ0) is 17.3. The van der Waals surface area contributed by atoms with Crippen LogP contribution in [0, 0.1) is 5.92 Å². The molecule has 1 N–H and O–H groups in total. The van der Waals surface area contributed by atoms with Crippen LogP contribution < -0.4 is 5.32 Å². The van der Waals surface area contributed by atoms with Gasteiger partial charge in [0.2, 0.25) is 6.43 Å². The molecule has 1 fully saturated rings. The molecule has 4 nitrogen and oxygen atoms in total. The lowest BCUT2D eigenvalue weighted by Gasteiger charge is -2.45. The van der Waals surface area contributed by atoms with Crippen molar-refractivity contribution in [3.63, 3.8) is 0 Å². The third-order valence-electron chi connectivity index (χ3n) is 3.14. The molecule has 1 aliphatic rings. The molecule has 0 aromatic carbocycles. The average Bonchev–Trinajstić information content (AvgIpc) is 2.22. The Labute approximate surface area is 117 Å². The predicted molar refractivity (Wildman–Crippen MR) is 69.4 cm³/mol. The molecular weight excluding hydrogens is 254 g/mol. The molecule has 0 aromatic heterocycles. The zero-order valence-electron chi connectivity index (χ0n) is 14.8. The molecule has 6 heteroatoms. The number of halogens is 2. The number of nitrogens with one attached hydrogen (secondary N) is 1. The maximum atomic E-state index is 13.3. The lowest BCUT2D eigenvalue weighted by atomic mass is 9.80. The summed E-state index contributed by atoms with van der Waals surface area (Å²) in [6, 6.07) is 0. The van der Waals surface area contributed by atoms with Crippen LogP contribution in [0.15, 0.2) is 0 Å². The van der Waals surface area contributed by atoms with E-state index in [1.165, 1.54) is 6.92 Å². The van der Waals surface area contributed by atoms with E-state index in [0.717, 1.165) is 4.90 Å². The van der Waals surface area contributed by atoms with Crippen molar-refractivity contribution in [1.29, 1.82) is 0 Å². The molecule has 2 atom stereocenters. The molecular formula is C13H24F2N2O2. The van der Waals surface area contributed by atoms with Crippen molar-refractivity contribution >= 4 is 6.09 Å². The summed E-state index contributed by atoms with van der Waals surface area (Å²) < 4.78 is 53.9. The number of ether oxygens (including phenoxy) is 1. The van der Waals surface area contributed by atoms with E-state index < -0.39 is 36.6 Å². The van der Waals surface area contributed by atoms with E-state index in [0.29, 0.717) is 0 Å². The van der Waals surface area contributed by atoms with Gasteiger partial charge in [0.25, 0.3) is 0 Å². The van der Waals surface area contributed by atoms with Gasteiger partial charge in [0.05, 0.1) is 5.54 Å². The van der Waals surface area contributed by atoms with E-state index >= 15 is 0 Å². The van der Waals surface area contributed by atoms with Crippen LogP contribution in [0.4, 0.5) is 13.6 Å². The summed E-state index contributed by atoms with van der Waals surface area (Å²) in [5.74, 6) is -1.13. The van der Waals surface area contributed by atoms with Gasteiger partial charge in [-0.2, -0.15) is 0 Å². The fourth-order valence-corrected chi connectivity index (χ4v) is 2.28. The first-order valence-electron chi connectivity index (χ1n) is 7.79. The second-order valence-corrected chi connectivity index (χ2v) is 6.20. The number of piperidine rings is 1. The van der Waals surface area contributed by atoms with Crippen LogP contribution >= 0.6 is 0 Å². The fraction of sp³-hybridized carbons (Fsp3) is 0.923. The van der Waals surface area contributed by atoms with Crippen LogP contribution in [0.25, 0.3) is 0 Å². The highest BCUT2D eigenvalue weighted by Crippen LogP contribution is 2.32. The van der Waals surface area contributed by atoms with Crippen molar-refractivity contribution in [2.45, 2.75) is 51.7 Å². The topological polar surface area (TPSA) is 41.6 Å². The largest absolute Gasteiger partial charge is 0.444 e. The number of alkyl carbamates (subject to hydrolysis) is 1. The zero-order valence-corrected chi connectivity index (χ0v) is 11.8. The standard InChI is InChI=1S/C13H24F2N2O2/c1-12(2,3)19-11(18)16-13(4)8-17(5)7-6-9(13)10(14)15/h9-10H,6-8H2,1-5H3,(H,16,18)/t9-,13-/m1/s1/i5D3. The molecule has 0 aliphatic carbocycles. The smallest absolute Gasteiger partial charge is 0.408 e. The third kappa shape index (κ3) is 4.60. The number of rotatable bonds is 2. The van der Waals surface area contributed by atoms with E-state index in [2.05, 4.69) is 5.32 Å². The quantitative estimate of drug-likeness (QED) is 0.845. The van der Waals surface area contributed by atoms with Crippen LogP contribution in [0.1, 0.15) is 38.2 Å². The molecule has 1 amide bonds. The Morgan fingerprint density at radius 2 is 2.21 bits per heavy atom. The molecule has 0 aromatic rings. The highest BCUT2D eigenvalue weighted by Gasteiger charge is 2.45. The molecule has 1 rings (SSSR count). The van der Waals surface area contributed by atoms with Gasteiger partial charge in [0, 0.05) is 16.6 Å². The van der Waals surface area contributed by atoms with E-state index in [-0.39, 0.29) is 19.5 Å². The van der Waals surface area contributed by atoms with E-state index in [9.17, 15) is 13.6 Å². The second-order valence-electron chi connectivity index (χ2n) is 6.20. The van der Waals surface area contributed by atoms with Crippen LogP contribution in [-0.2, 0) is 4.74 Å². The van der Waals surface area contributed by atoms with Crippen molar-refractivity contribution in [1.82, 2.24) is 10.2 Å². The highest BCUT2D eigenvalue weighted by molar-refractivity contribution is 5.68. The monoisotopic (exact) mass is 281 g/mol. The molecule has 0 bridgehead atoms. The first-order chi connectivity index (χ1) is 9.74. The average molecular weight is 281 g/mol. The van der Waals surface area contributed by atoms with Crippen LogP contribution in [0.3, 0.4) is 0 Å². The van der Waals surface area contributed by atoms with E-state index in [1.807, 2.05) is 0 Å². The summed E-state index contributed by atoms with van der Waals surface area (Å²) in [6.45, 7) is 3.89. The third-order valence-corrected chi connectivity index (χ3v) is 3.14. The lowest BCUT2D eigenvalue weighted by Crippen LogP contribution is -2.63. The van der Waals surface area contributed by atoms with Crippen LogP contribution in [0.5, 0.6) is 0 Å². The Hall–Kier alpha value is -0.910. The molecule has 0 radical (unpaired) electrons. The Kier molecular flexibility index (Phi) is 3.51. The first-order valence-corrected chi connectivity index (χ1v) is 6.29. The number of likely N-dealkylation sites (N-methyl/N-ethyl adjacent to an activating group) is 1. The van der Waals surface area contributed by atoms with Crippen molar-refractivity contribution < 1.29 is 22.4 Å². The van der Waals surface area contributed by atoms with Crippen molar-refractivity contribution in [2.75, 3.05) is 20.1 Å². The van der Waals surface area contributed by atoms with Gasteiger partial charge in [0.1, 0.15) is 5.60 Å². The maximum Gasteiger partial charge on any atom is 0.408 e. The molecule has 1 heterocycles. The summed E-state index contributed by atoms with van der Waals surface area (Å²) in [7, 11) is 0. The molecule has 1 saturated heterocycles. The lowest BCUT2D eigenvalue weighted by molar-refractivity contribution is -0.0264. The first kappa shape index (κ1) is 11.9.